The zero-order valence-electron chi connectivity index (χ0n) is 17.1. The van der Waals surface area contributed by atoms with Gasteiger partial charge in [-0.3, -0.25) is 4.79 Å². The smallest absolute Gasteiger partial charge is 0.226 e. The van der Waals surface area contributed by atoms with E-state index in [4.69, 9.17) is 18.9 Å². The molecule has 2 aromatic rings. The van der Waals surface area contributed by atoms with Crippen molar-refractivity contribution in [3.8, 4) is 23.0 Å². The second-order valence-corrected chi connectivity index (χ2v) is 6.64. The minimum atomic E-state index is 0.0879. The molecular weight excluding hydrogens is 370 g/mol. The zero-order valence-corrected chi connectivity index (χ0v) is 17.1. The summed E-state index contributed by atoms with van der Waals surface area (Å²) < 4.78 is 22.1. The van der Waals surface area contributed by atoms with Crippen LogP contribution in [0.4, 0.5) is 0 Å². The Hall–Kier alpha value is -3.15. The molecule has 0 spiro atoms. The molecule has 0 saturated carbocycles. The van der Waals surface area contributed by atoms with Crippen molar-refractivity contribution in [1.29, 1.82) is 0 Å². The van der Waals surface area contributed by atoms with Crippen LogP contribution < -0.4 is 18.9 Å². The first-order valence-electron chi connectivity index (χ1n) is 9.61. The van der Waals surface area contributed by atoms with Crippen LogP contribution in [0.2, 0.25) is 0 Å². The summed E-state index contributed by atoms with van der Waals surface area (Å²) in [6.45, 7) is 1.57. The molecule has 0 aromatic heterocycles. The first-order chi connectivity index (χ1) is 14.2. The maximum atomic E-state index is 12.5. The molecule has 0 bridgehead atoms. The number of methoxy groups -OCH3 is 3. The fourth-order valence-electron chi connectivity index (χ4n) is 3.38. The SMILES string of the molecule is COc1cc(OC)c(C2=CCN(C(=O)CCOc3ccccc3)CC2)c(OC)c1. The number of benzene rings is 2. The van der Waals surface area contributed by atoms with Crippen LogP contribution in [-0.2, 0) is 4.79 Å². The van der Waals surface area contributed by atoms with Gasteiger partial charge in [-0.1, -0.05) is 24.3 Å². The number of carbonyl (C=O) groups is 1. The summed E-state index contributed by atoms with van der Waals surface area (Å²) in [4.78, 5) is 14.4. The molecule has 0 N–H and O–H groups in total. The van der Waals surface area contributed by atoms with E-state index in [2.05, 4.69) is 6.08 Å². The van der Waals surface area contributed by atoms with Crippen LogP contribution in [0.5, 0.6) is 23.0 Å². The number of para-hydroxylation sites is 1. The zero-order chi connectivity index (χ0) is 20.6. The van der Waals surface area contributed by atoms with Crippen molar-refractivity contribution >= 4 is 11.5 Å². The lowest BCUT2D eigenvalue weighted by atomic mass is 9.97. The number of rotatable bonds is 8. The minimum absolute atomic E-state index is 0.0879. The lowest BCUT2D eigenvalue weighted by Gasteiger charge is -2.28. The maximum Gasteiger partial charge on any atom is 0.226 e. The van der Waals surface area contributed by atoms with Crippen LogP contribution in [0.3, 0.4) is 0 Å². The Morgan fingerprint density at radius 2 is 1.66 bits per heavy atom. The molecule has 1 aliphatic heterocycles. The third kappa shape index (κ3) is 5.02. The quantitative estimate of drug-likeness (QED) is 0.678. The Morgan fingerprint density at radius 3 is 2.21 bits per heavy atom. The van der Waals surface area contributed by atoms with E-state index < -0.39 is 0 Å². The van der Waals surface area contributed by atoms with Crippen molar-refractivity contribution in [3.05, 3.63) is 54.1 Å². The summed E-state index contributed by atoms with van der Waals surface area (Å²) in [5.41, 5.74) is 2.02. The largest absolute Gasteiger partial charge is 0.496 e. The Balaban J connectivity index is 1.64. The molecule has 0 aliphatic carbocycles. The molecule has 154 valence electrons. The number of amides is 1. The molecule has 0 fully saturated rings. The Morgan fingerprint density at radius 1 is 0.966 bits per heavy atom. The molecule has 0 atom stereocenters. The highest BCUT2D eigenvalue weighted by Crippen LogP contribution is 2.40. The van der Waals surface area contributed by atoms with E-state index in [1.807, 2.05) is 47.4 Å². The van der Waals surface area contributed by atoms with Crippen molar-refractivity contribution in [1.82, 2.24) is 4.90 Å². The first kappa shape index (κ1) is 20.6. The summed E-state index contributed by atoms with van der Waals surface area (Å²) in [5.74, 6) is 2.94. The van der Waals surface area contributed by atoms with Gasteiger partial charge in [0.05, 0.1) is 39.9 Å². The van der Waals surface area contributed by atoms with Gasteiger partial charge in [0.2, 0.25) is 5.91 Å². The Kier molecular flexibility index (Phi) is 7.00. The van der Waals surface area contributed by atoms with Gasteiger partial charge in [-0.15, -0.1) is 0 Å². The van der Waals surface area contributed by atoms with Gasteiger partial charge in [0.15, 0.2) is 0 Å². The molecule has 0 saturated heterocycles. The summed E-state index contributed by atoms with van der Waals surface area (Å²) >= 11 is 0. The van der Waals surface area contributed by atoms with Gasteiger partial charge in [0.25, 0.3) is 0 Å². The van der Waals surface area contributed by atoms with Crippen molar-refractivity contribution in [2.45, 2.75) is 12.8 Å². The topological polar surface area (TPSA) is 57.2 Å². The second-order valence-electron chi connectivity index (χ2n) is 6.64. The normalized spacial score (nSPS) is 13.5. The van der Waals surface area contributed by atoms with Crippen LogP contribution in [-0.4, -0.2) is 51.8 Å². The molecule has 3 rings (SSSR count). The Bertz CT molecular complexity index is 838. The van der Waals surface area contributed by atoms with E-state index in [1.54, 1.807) is 21.3 Å². The van der Waals surface area contributed by atoms with E-state index in [9.17, 15) is 4.79 Å². The minimum Gasteiger partial charge on any atom is -0.496 e. The van der Waals surface area contributed by atoms with E-state index in [-0.39, 0.29) is 5.91 Å². The van der Waals surface area contributed by atoms with Gasteiger partial charge < -0.3 is 23.8 Å². The van der Waals surface area contributed by atoms with Crippen molar-refractivity contribution < 1.29 is 23.7 Å². The van der Waals surface area contributed by atoms with Gasteiger partial charge in [-0.2, -0.15) is 0 Å². The van der Waals surface area contributed by atoms with Crippen LogP contribution in [0.1, 0.15) is 18.4 Å². The number of carbonyl (C=O) groups excluding carboxylic acids is 1. The van der Waals surface area contributed by atoms with E-state index >= 15 is 0 Å². The van der Waals surface area contributed by atoms with E-state index in [0.717, 1.165) is 23.3 Å². The maximum absolute atomic E-state index is 12.5. The average Bonchev–Trinajstić information content (AvgIpc) is 2.78. The third-order valence-electron chi connectivity index (χ3n) is 4.93. The predicted molar refractivity (Wildman–Crippen MR) is 112 cm³/mol. The number of ether oxygens (including phenoxy) is 4. The molecule has 0 unspecified atom stereocenters. The number of nitrogens with zero attached hydrogens (tertiary/aromatic N) is 1. The highest BCUT2D eigenvalue weighted by molar-refractivity contribution is 5.81. The monoisotopic (exact) mass is 397 g/mol. The summed E-state index contributed by atoms with van der Waals surface area (Å²) in [6.07, 6.45) is 3.14. The van der Waals surface area contributed by atoms with Gasteiger partial charge in [-0.05, 0) is 24.1 Å². The summed E-state index contributed by atoms with van der Waals surface area (Å²) in [7, 11) is 4.87. The number of hydrogen-bond acceptors (Lipinski definition) is 5. The lowest BCUT2D eigenvalue weighted by Crippen LogP contribution is -2.35. The van der Waals surface area contributed by atoms with E-state index in [0.29, 0.717) is 43.4 Å². The summed E-state index contributed by atoms with van der Waals surface area (Å²) in [5, 5.41) is 0. The standard InChI is InChI=1S/C23H27NO5/c1-26-19-15-20(27-2)23(21(16-19)28-3)17-9-12-24(13-10-17)22(25)11-14-29-18-7-5-4-6-8-18/h4-9,15-16H,10-14H2,1-3H3. The molecular formula is C23H27NO5. The fraction of sp³-hybridized carbons (Fsp3) is 0.348. The molecule has 1 amide bonds. The van der Waals surface area contributed by atoms with Gasteiger partial charge >= 0.3 is 0 Å². The number of hydrogen-bond donors (Lipinski definition) is 0. The van der Waals surface area contributed by atoms with Crippen LogP contribution >= 0.6 is 0 Å². The van der Waals surface area contributed by atoms with Crippen molar-refractivity contribution in [3.63, 3.8) is 0 Å². The van der Waals surface area contributed by atoms with Gasteiger partial charge in [0.1, 0.15) is 23.0 Å². The lowest BCUT2D eigenvalue weighted by molar-refractivity contribution is -0.131. The fourth-order valence-corrected chi connectivity index (χ4v) is 3.38. The highest BCUT2D eigenvalue weighted by atomic mass is 16.5. The molecule has 6 heteroatoms. The van der Waals surface area contributed by atoms with Crippen LogP contribution in [0.25, 0.3) is 5.57 Å². The van der Waals surface area contributed by atoms with Gasteiger partial charge in [0, 0.05) is 25.2 Å². The van der Waals surface area contributed by atoms with E-state index in [1.165, 1.54) is 0 Å². The summed E-state index contributed by atoms with van der Waals surface area (Å²) in [6, 6.07) is 13.2. The second kappa shape index (κ2) is 9.87. The van der Waals surface area contributed by atoms with Crippen LogP contribution in [0, 0.1) is 0 Å². The molecule has 2 aromatic carbocycles. The average molecular weight is 397 g/mol. The van der Waals surface area contributed by atoms with Gasteiger partial charge in [-0.25, -0.2) is 0 Å². The van der Waals surface area contributed by atoms with Crippen LogP contribution in [0.15, 0.2) is 48.5 Å². The Labute approximate surface area is 171 Å². The third-order valence-corrected chi connectivity index (χ3v) is 4.93. The molecule has 29 heavy (non-hydrogen) atoms. The molecule has 1 heterocycles. The first-order valence-corrected chi connectivity index (χ1v) is 9.61. The van der Waals surface area contributed by atoms with Crippen molar-refractivity contribution in [2.75, 3.05) is 41.0 Å². The molecule has 1 aliphatic rings. The highest BCUT2D eigenvalue weighted by Gasteiger charge is 2.23. The molecule has 0 radical (unpaired) electrons. The molecule has 6 nitrogen and oxygen atoms in total. The predicted octanol–water partition coefficient (Wildman–Crippen LogP) is 3.80. The van der Waals surface area contributed by atoms with Crippen molar-refractivity contribution in [2.24, 2.45) is 0 Å².